The zero-order chi connectivity index (χ0) is 15.2. The highest BCUT2D eigenvalue weighted by Crippen LogP contribution is 2.26. The fraction of sp³-hybridized carbons (Fsp3) is 0.500. The molecule has 0 spiro atoms. The van der Waals surface area contributed by atoms with E-state index in [1.807, 2.05) is 17.9 Å². The van der Waals surface area contributed by atoms with Crippen molar-refractivity contribution in [1.82, 2.24) is 10.3 Å². The summed E-state index contributed by atoms with van der Waals surface area (Å²) in [6.45, 7) is 3.90. The van der Waals surface area contributed by atoms with Crippen molar-refractivity contribution in [2.24, 2.45) is 0 Å². The van der Waals surface area contributed by atoms with Gasteiger partial charge in [-0.1, -0.05) is 6.92 Å². The van der Waals surface area contributed by atoms with Crippen LogP contribution in [-0.4, -0.2) is 43.2 Å². The second-order valence-electron chi connectivity index (χ2n) is 4.78. The lowest BCUT2D eigenvalue weighted by Gasteiger charge is -2.36. The number of nitrogens with one attached hydrogen (secondary N) is 1. The van der Waals surface area contributed by atoms with Crippen LogP contribution in [0.1, 0.15) is 18.9 Å². The molecule has 1 aromatic heterocycles. The van der Waals surface area contributed by atoms with Crippen LogP contribution < -0.4 is 16.0 Å². The maximum absolute atomic E-state index is 12.2. The molecular formula is C14H19N5O2. The number of rotatable bonds is 4. The molecule has 0 saturated carbocycles. The Labute approximate surface area is 123 Å². The standard InChI is InChI=1S/C14H19N5O2/c1-2-4-18-14(20)11-9-21-7-6-19(11)13-12(16)10(8-15)3-5-17-13/h3,5,11H,2,4,6-7,9,16H2,1H3,(H,18,20). The Morgan fingerprint density at radius 3 is 3.24 bits per heavy atom. The van der Waals surface area contributed by atoms with Crippen LogP contribution in [0.15, 0.2) is 12.3 Å². The number of carbonyl (C=O) groups is 1. The Morgan fingerprint density at radius 2 is 2.52 bits per heavy atom. The number of aromatic nitrogens is 1. The second-order valence-corrected chi connectivity index (χ2v) is 4.78. The van der Waals surface area contributed by atoms with Crippen molar-refractivity contribution in [3.8, 4) is 6.07 Å². The first-order valence-corrected chi connectivity index (χ1v) is 6.95. The molecule has 1 fully saturated rings. The quantitative estimate of drug-likeness (QED) is 0.824. The molecule has 2 heterocycles. The Balaban J connectivity index is 2.27. The Hall–Kier alpha value is -2.33. The summed E-state index contributed by atoms with van der Waals surface area (Å²) in [5, 5.41) is 11.9. The summed E-state index contributed by atoms with van der Waals surface area (Å²) in [7, 11) is 0. The molecule has 1 atom stereocenters. The third-order valence-corrected chi connectivity index (χ3v) is 3.34. The van der Waals surface area contributed by atoms with Crippen LogP contribution in [0, 0.1) is 11.3 Å². The molecule has 1 aliphatic rings. The zero-order valence-corrected chi connectivity index (χ0v) is 12.0. The number of nitrogen functional groups attached to an aromatic ring is 1. The van der Waals surface area contributed by atoms with Crippen molar-refractivity contribution < 1.29 is 9.53 Å². The third-order valence-electron chi connectivity index (χ3n) is 3.34. The Kier molecular flexibility index (Phi) is 4.95. The number of nitrogens with two attached hydrogens (primary N) is 1. The summed E-state index contributed by atoms with van der Waals surface area (Å²) >= 11 is 0. The molecule has 1 aliphatic heterocycles. The molecule has 112 valence electrons. The Morgan fingerprint density at radius 1 is 1.71 bits per heavy atom. The zero-order valence-electron chi connectivity index (χ0n) is 12.0. The van der Waals surface area contributed by atoms with Crippen LogP contribution in [0.2, 0.25) is 0 Å². The molecule has 0 radical (unpaired) electrons. The van der Waals surface area contributed by atoms with E-state index in [4.69, 9.17) is 15.7 Å². The molecule has 1 amide bonds. The van der Waals surface area contributed by atoms with Gasteiger partial charge in [-0.25, -0.2) is 4.98 Å². The monoisotopic (exact) mass is 289 g/mol. The Bertz CT molecular complexity index is 555. The highest BCUT2D eigenvalue weighted by Gasteiger charge is 2.31. The smallest absolute Gasteiger partial charge is 0.245 e. The summed E-state index contributed by atoms with van der Waals surface area (Å²) in [4.78, 5) is 18.3. The maximum Gasteiger partial charge on any atom is 0.245 e. The summed E-state index contributed by atoms with van der Waals surface area (Å²) < 4.78 is 5.40. The average Bonchev–Trinajstić information content (AvgIpc) is 2.53. The lowest BCUT2D eigenvalue weighted by Crippen LogP contribution is -2.54. The fourth-order valence-electron chi connectivity index (χ4n) is 2.23. The van der Waals surface area contributed by atoms with Gasteiger partial charge in [-0.3, -0.25) is 4.79 Å². The number of pyridine rings is 1. The number of morpholine rings is 1. The molecule has 1 saturated heterocycles. The molecule has 0 aliphatic carbocycles. The number of anilines is 2. The molecule has 7 nitrogen and oxygen atoms in total. The summed E-state index contributed by atoms with van der Waals surface area (Å²) in [6, 6.07) is 3.11. The maximum atomic E-state index is 12.2. The van der Waals surface area contributed by atoms with Crippen LogP contribution in [0.4, 0.5) is 11.5 Å². The van der Waals surface area contributed by atoms with E-state index < -0.39 is 6.04 Å². The van der Waals surface area contributed by atoms with Crippen LogP contribution in [0.25, 0.3) is 0 Å². The summed E-state index contributed by atoms with van der Waals surface area (Å²) in [5.74, 6) is 0.356. The number of hydrogen-bond donors (Lipinski definition) is 2. The van der Waals surface area contributed by atoms with E-state index in [1.165, 1.54) is 6.20 Å². The number of nitrogens with zero attached hydrogens (tertiary/aromatic N) is 3. The van der Waals surface area contributed by atoms with E-state index >= 15 is 0 Å². The van der Waals surface area contributed by atoms with Crippen molar-refractivity contribution in [3.63, 3.8) is 0 Å². The highest BCUT2D eigenvalue weighted by atomic mass is 16.5. The minimum absolute atomic E-state index is 0.111. The van der Waals surface area contributed by atoms with E-state index in [0.717, 1.165) is 6.42 Å². The molecule has 7 heteroatoms. The molecule has 0 aromatic carbocycles. The molecule has 1 aromatic rings. The van der Waals surface area contributed by atoms with Gasteiger partial charge in [0.2, 0.25) is 5.91 Å². The number of amides is 1. The average molecular weight is 289 g/mol. The predicted molar refractivity (Wildman–Crippen MR) is 78.6 cm³/mol. The minimum Gasteiger partial charge on any atom is -0.395 e. The van der Waals surface area contributed by atoms with Gasteiger partial charge in [0.15, 0.2) is 5.82 Å². The normalized spacial score (nSPS) is 18.1. The molecule has 1 unspecified atom stereocenters. The number of carbonyl (C=O) groups excluding carboxylic acids is 1. The van der Waals surface area contributed by atoms with Gasteiger partial charge >= 0.3 is 0 Å². The van der Waals surface area contributed by atoms with E-state index in [-0.39, 0.29) is 12.5 Å². The first kappa shape index (κ1) is 15.1. The minimum atomic E-state index is -0.478. The van der Waals surface area contributed by atoms with Crippen LogP contribution in [0.5, 0.6) is 0 Å². The third kappa shape index (κ3) is 3.23. The molecular weight excluding hydrogens is 270 g/mol. The van der Waals surface area contributed by atoms with Crippen LogP contribution in [-0.2, 0) is 9.53 Å². The largest absolute Gasteiger partial charge is 0.395 e. The van der Waals surface area contributed by atoms with Gasteiger partial charge in [0.1, 0.15) is 12.1 Å². The first-order valence-electron chi connectivity index (χ1n) is 6.95. The fourth-order valence-corrected chi connectivity index (χ4v) is 2.23. The van der Waals surface area contributed by atoms with E-state index in [1.54, 1.807) is 6.07 Å². The van der Waals surface area contributed by atoms with Crippen molar-refractivity contribution in [1.29, 1.82) is 5.26 Å². The predicted octanol–water partition coefficient (Wildman–Crippen LogP) is 0.267. The van der Waals surface area contributed by atoms with E-state index in [9.17, 15) is 4.79 Å². The first-order chi connectivity index (χ1) is 10.2. The molecule has 3 N–H and O–H groups in total. The molecule has 0 bridgehead atoms. The lowest BCUT2D eigenvalue weighted by molar-refractivity contribution is -0.124. The van der Waals surface area contributed by atoms with Crippen molar-refractivity contribution >= 4 is 17.4 Å². The lowest BCUT2D eigenvalue weighted by atomic mass is 10.1. The van der Waals surface area contributed by atoms with Crippen molar-refractivity contribution in [2.75, 3.05) is 36.9 Å². The number of nitriles is 1. The summed E-state index contributed by atoms with van der Waals surface area (Å²) in [6.07, 6.45) is 2.39. The van der Waals surface area contributed by atoms with E-state index in [0.29, 0.717) is 36.8 Å². The second kappa shape index (κ2) is 6.90. The summed E-state index contributed by atoms with van der Waals surface area (Å²) in [5.41, 5.74) is 6.65. The van der Waals surface area contributed by atoms with Crippen molar-refractivity contribution in [3.05, 3.63) is 17.8 Å². The van der Waals surface area contributed by atoms with Gasteiger partial charge in [-0.15, -0.1) is 0 Å². The van der Waals surface area contributed by atoms with Gasteiger partial charge in [0.05, 0.1) is 24.5 Å². The molecule has 2 rings (SSSR count). The number of ether oxygens (including phenoxy) is 1. The van der Waals surface area contributed by atoms with Gasteiger partial charge in [-0.2, -0.15) is 5.26 Å². The van der Waals surface area contributed by atoms with E-state index in [2.05, 4.69) is 10.3 Å². The van der Waals surface area contributed by atoms with Gasteiger partial charge in [-0.05, 0) is 12.5 Å². The SMILES string of the molecule is CCCNC(=O)C1COCCN1c1nccc(C#N)c1N. The van der Waals surface area contributed by atoms with Crippen molar-refractivity contribution in [2.45, 2.75) is 19.4 Å². The van der Waals surface area contributed by atoms with Gasteiger partial charge < -0.3 is 20.7 Å². The number of hydrogen-bond acceptors (Lipinski definition) is 6. The van der Waals surface area contributed by atoms with Crippen LogP contribution >= 0.6 is 0 Å². The topological polar surface area (TPSA) is 104 Å². The van der Waals surface area contributed by atoms with Gasteiger partial charge in [0, 0.05) is 19.3 Å². The van der Waals surface area contributed by atoms with Crippen LogP contribution in [0.3, 0.4) is 0 Å². The van der Waals surface area contributed by atoms with Gasteiger partial charge in [0.25, 0.3) is 0 Å². The highest BCUT2D eigenvalue weighted by molar-refractivity contribution is 5.87. The molecule has 21 heavy (non-hydrogen) atoms.